The predicted molar refractivity (Wildman–Crippen MR) is 115 cm³/mol. The van der Waals surface area contributed by atoms with E-state index in [1.807, 2.05) is 10.3 Å². The Kier molecular flexibility index (Phi) is 5.40. The molecule has 0 spiro atoms. The first kappa shape index (κ1) is 20.1. The van der Waals surface area contributed by atoms with Gasteiger partial charge in [-0.25, -0.2) is 13.1 Å². The van der Waals surface area contributed by atoms with Crippen LogP contribution in [0.4, 0.5) is 5.69 Å². The van der Waals surface area contributed by atoms with Crippen molar-refractivity contribution in [3.8, 4) is 0 Å². The fourth-order valence-corrected chi connectivity index (χ4v) is 6.51. The summed E-state index contributed by atoms with van der Waals surface area (Å²) in [4.78, 5) is 16.5. The van der Waals surface area contributed by atoms with Crippen molar-refractivity contribution in [2.75, 3.05) is 44.3 Å². The number of carbonyl (C=O) groups excluding carboxylic acids is 1. The number of thiophene rings is 1. The smallest absolute Gasteiger partial charge is 0.240 e. The Morgan fingerprint density at radius 1 is 1.10 bits per heavy atom. The van der Waals surface area contributed by atoms with Crippen LogP contribution >= 0.6 is 11.3 Å². The molecule has 2 aromatic rings. The van der Waals surface area contributed by atoms with Crippen molar-refractivity contribution in [2.24, 2.45) is 0 Å². The van der Waals surface area contributed by atoms with E-state index in [-0.39, 0.29) is 11.9 Å². The zero-order chi connectivity index (χ0) is 20.7. The van der Waals surface area contributed by atoms with Gasteiger partial charge in [-0.1, -0.05) is 0 Å². The van der Waals surface area contributed by atoms with E-state index >= 15 is 0 Å². The second-order valence-electron chi connectivity index (χ2n) is 7.96. The minimum absolute atomic E-state index is 0.0178. The van der Waals surface area contributed by atoms with Gasteiger partial charge in [-0.15, -0.1) is 0 Å². The summed E-state index contributed by atoms with van der Waals surface area (Å²) in [6.07, 6.45) is 1.76. The molecule has 9 heteroatoms. The van der Waals surface area contributed by atoms with Gasteiger partial charge < -0.3 is 9.64 Å². The number of carbonyl (C=O) groups is 1. The Labute approximate surface area is 180 Å². The Morgan fingerprint density at radius 2 is 1.87 bits per heavy atom. The van der Waals surface area contributed by atoms with Gasteiger partial charge in [0.15, 0.2) is 0 Å². The highest BCUT2D eigenvalue weighted by molar-refractivity contribution is 7.89. The zero-order valence-electron chi connectivity index (χ0n) is 16.7. The Balaban J connectivity index is 1.38. The fourth-order valence-electron chi connectivity index (χ4n) is 4.66. The number of nitrogens with one attached hydrogen (secondary N) is 1. The second kappa shape index (κ2) is 8.05. The first-order valence-corrected chi connectivity index (χ1v) is 12.8. The molecule has 1 amide bonds. The number of anilines is 1. The van der Waals surface area contributed by atoms with Crippen molar-refractivity contribution in [1.82, 2.24) is 9.62 Å². The molecule has 1 saturated heterocycles. The Morgan fingerprint density at radius 3 is 2.60 bits per heavy atom. The number of benzene rings is 1. The molecule has 1 aromatic carbocycles. The standard InChI is InChI=1S/C21H25N3O4S2/c25-20-2-1-15-11-18(12-16-3-5-24(20)21(15)16)30(26,27)22-13-19(17-4-10-29-14-17)23-6-8-28-9-7-23/h4,10-12,14,19,22H,1-3,5-9,13H2/t19-/m0/s1. The SMILES string of the molecule is O=C1CCc2cc(S(=O)(=O)NC[C@@H](c3ccsc3)N3CCOCC3)cc3c2N1CC3. The van der Waals surface area contributed by atoms with Crippen LogP contribution in [0.3, 0.4) is 0 Å². The molecule has 0 bridgehead atoms. The topological polar surface area (TPSA) is 79.0 Å². The van der Waals surface area contributed by atoms with Crippen molar-refractivity contribution in [3.05, 3.63) is 45.6 Å². The quantitative estimate of drug-likeness (QED) is 0.732. The Bertz CT molecular complexity index is 1050. The number of sulfonamides is 1. The van der Waals surface area contributed by atoms with Gasteiger partial charge >= 0.3 is 0 Å². The van der Waals surface area contributed by atoms with Crippen LogP contribution in [0.15, 0.2) is 33.9 Å². The summed E-state index contributed by atoms with van der Waals surface area (Å²) in [5.74, 6) is 0.138. The molecule has 1 N–H and O–H groups in total. The van der Waals surface area contributed by atoms with Gasteiger partial charge in [0.2, 0.25) is 15.9 Å². The van der Waals surface area contributed by atoms with Gasteiger partial charge in [0.05, 0.1) is 23.8 Å². The third kappa shape index (κ3) is 3.69. The third-order valence-corrected chi connectivity index (χ3v) is 8.32. The van der Waals surface area contributed by atoms with E-state index in [4.69, 9.17) is 4.74 Å². The molecule has 0 aliphatic carbocycles. The van der Waals surface area contributed by atoms with Crippen molar-refractivity contribution < 1.29 is 17.9 Å². The van der Waals surface area contributed by atoms with E-state index in [9.17, 15) is 13.2 Å². The van der Waals surface area contributed by atoms with Crippen molar-refractivity contribution in [2.45, 2.75) is 30.2 Å². The summed E-state index contributed by atoms with van der Waals surface area (Å²) >= 11 is 1.62. The molecule has 160 valence electrons. The lowest BCUT2D eigenvalue weighted by Crippen LogP contribution is -2.43. The third-order valence-electron chi connectivity index (χ3n) is 6.22. The largest absolute Gasteiger partial charge is 0.379 e. The lowest BCUT2D eigenvalue weighted by atomic mass is 10.00. The monoisotopic (exact) mass is 447 g/mol. The van der Waals surface area contributed by atoms with Gasteiger partial charge in [-0.05, 0) is 58.5 Å². The van der Waals surface area contributed by atoms with Gasteiger partial charge in [0.1, 0.15) is 0 Å². The fraction of sp³-hybridized carbons (Fsp3) is 0.476. The van der Waals surface area contributed by atoms with Crippen molar-refractivity contribution >= 4 is 33.0 Å². The van der Waals surface area contributed by atoms with Crippen LogP contribution in [-0.2, 0) is 32.4 Å². The van der Waals surface area contributed by atoms with Crippen LogP contribution in [0.1, 0.15) is 29.2 Å². The van der Waals surface area contributed by atoms with Crippen LogP contribution in [0.25, 0.3) is 0 Å². The van der Waals surface area contributed by atoms with Gasteiger partial charge in [0.25, 0.3) is 0 Å². The van der Waals surface area contributed by atoms with E-state index in [2.05, 4.69) is 21.1 Å². The number of aryl methyl sites for hydroxylation is 1. The molecule has 1 fully saturated rings. The number of morpholine rings is 1. The van der Waals surface area contributed by atoms with E-state index in [1.54, 1.807) is 23.5 Å². The first-order valence-electron chi connectivity index (χ1n) is 10.3. The lowest BCUT2D eigenvalue weighted by Gasteiger charge is -2.34. The minimum atomic E-state index is -3.65. The molecule has 0 saturated carbocycles. The van der Waals surface area contributed by atoms with Crippen LogP contribution in [0, 0.1) is 0 Å². The van der Waals surface area contributed by atoms with Crippen LogP contribution in [0.2, 0.25) is 0 Å². The molecule has 30 heavy (non-hydrogen) atoms. The van der Waals surface area contributed by atoms with Crippen LogP contribution in [0.5, 0.6) is 0 Å². The highest BCUT2D eigenvalue weighted by Gasteiger charge is 2.33. The van der Waals surface area contributed by atoms with Crippen molar-refractivity contribution in [3.63, 3.8) is 0 Å². The minimum Gasteiger partial charge on any atom is -0.379 e. The molecule has 3 aliphatic rings. The van der Waals surface area contributed by atoms with Gasteiger partial charge in [-0.2, -0.15) is 11.3 Å². The predicted octanol–water partition coefficient (Wildman–Crippen LogP) is 1.94. The first-order chi connectivity index (χ1) is 14.5. The van der Waals surface area contributed by atoms with E-state index in [0.717, 1.165) is 35.5 Å². The number of ether oxygens (including phenoxy) is 1. The highest BCUT2D eigenvalue weighted by atomic mass is 32.2. The lowest BCUT2D eigenvalue weighted by molar-refractivity contribution is -0.118. The molecule has 4 heterocycles. The zero-order valence-corrected chi connectivity index (χ0v) is 18.3. The molecule has 0 unspecified atom stereocenters. The number of hydrogen-bond acceptors (Lipinski definition) is 6. The molecule has 3 aliphatic heterocycles. The van der Waals surface area contributed by atoms with Crippen molar-refractivity contribution in [1.29, 1.82) is 0 Å². The summed E-state index contributed by atoms with van der Waals surface area (Å²) < 4.78 is 34.7. The summed E-state index contributed by atoms with van der Waals surface area (Å²) in [6, 6.07) is 5.54. The Hall–Kier alpha value is -1.78. The second-order valence-corrected chi connectivity index (χ2v) is 10.5. The van der Waals surface area contributed by atoms with Crippen LogP contribution in [-0.4, -0.2) is 58.6 Å². The number of nitrogens with zero attached hydrogens (tertiary/aromatic N) is 2. The van der Waals surface area contributed by atoms with Crippen LogP contribution < -0.4 is 9.62 Å². The average molecular weight is 448 g/mol. The summed E-state index contributed by atoms with van der Waals surface area (Å²) in [7, 11) is -3.65. The molecule has 0 radical (unpaired) electrons. The maximum atomic E-state index is 13.2. The van der Waals surface area contributed by atoms with Gasteiger partial charge in [0, 0.05) is 38.6 Å². The summed E-state index contributed by atoms with van der Waals surface area (Å²) in [5.41, 5.74) is 3.99. The highest BCUT2D eigenvalue weighted by Crippen LogP contribution is 2.38. The normalized spacial score (nSPS) is 20.4. The molecule has 5 rings (SSSR count). The maximum absolute atomic E-state index is 13.2. The molecule has 1 aromatic heterocycles. The molecular formula is C21H25N3O4S2. The summed E-state index contributed by atoms with van der Waals surface area (Å²) in [5, 5.41) is 4.11. The molecule has 7 nitrogen and oxygen atoms in total. The number of amides is 1. The van der Waals surface area contributed by atoms with E-state index in [0.29, 0.717) is 50.5 Å². The number of rotatable bonds is 6. The van der Waals surface area contributed by atoms with E-state index in [1.165, 1.54) is 0 Å². The van der Waals surface area contributed by atoms with E-state index < -0.39 is 10.0 Å². The molecular weight excluding hydrogens is 422 g/mol. The molecule has 1 atom stereocenters. The van der Waals surface area contributed by atoms with Gasteiger partial charge in [-0.3, -0.25) is 9.69 Å². The summed E-state index contributed by atoms with van der Waals surface area (Å²) in [6.45, 7) is 3.86. The maximum Gasteiger partial charge on any atom is 0.240 e. The average Bonchev–Trinajstić information content (AvgIpc) is 3.43. The number of hydrogen-bond donors (Lipinski definition) is 1.